The summed E-state index contributed by atoms with van der Waals surface area (Å²) in [6.07, 6.45) is 4.73. The maximum absolute atomic E-state index is 13.3. The molecule has 1 aliphatic heterocycles. The number of nitrogens with one attached hydrogen (secondary N) is 1. The van der Waals surface area contributed by atoms with Crippen molar-refractivity contribution >= 4 is 22.9 Å². The summed E-state index contributed by atoms with van der Waals surface area (Å²) in [4.78, 5) is 27.3. The largest absolute Gasteiger partial charge is 0.340 e. The Bertz CT molecular complexity index is 1530. The van der Waals surface area contributed by atoms with Crippen LogP contribution in [0.4, 0.5) is 0 Å². The van der Waals surface area contributed by atoms with Gasteiger partial charge in [0.05, 0.1) is 29.3 Å². The predicted molar refractivity (Wildman–Crippen MR) is 125 cm³/mol. The third-order valence-corrected chi connectivity index (χ3v) is 6.86. The molecule has 1 N–H and O–H groups in total. The van der Waals surface area contributed by atoms with Crippen LogP contribution in [0.25, 0.3) is 28.2 Å². The lowest BCUT2D eigenvalue weighted by molar-refractivity contribution is 0.568. The minimum absolute atomic E-state index is 0.135. The van der Waals surface area contributed by atoms with E-state index in [0.29, 0.717) is 28.4 Å². The van der Waals surface area contributed by atoms with Gasteiger partial charge in [0.15, 0.2) is 0 Å². The number of tetrazole rings is 1. The summed E-state index contributed by atoms with van der Waals surface area (Å²) < 4.78 is 3.25. The zero-order valence-corrected chi connectivity index (χ0v) is 19.0. The maximum Gasteiger partial charge on any atom is 0.254 e. The van der Waals surface area contributed by atoms with Gasteiger partial charge in [-0.3, -0.25) is 9.36 Å². The van der Waals surface area contributed by atoms with Crippen LogP contribution >= 0.6 is 22.9 Å². The van der Waals surface area contributed by atoms with Crippen molar-refractivity contribution in [3.05, 3.63) is 80.1 Å². The molecule has 11 heteroatoms. The highest BCUT2D eigenvalue weighted by molar-refractivity contribution is 7.10. The lowest BCUT2D eigenvalue weighted by Gasteiger charge is -2.14. The molecule has 1 aliphatic rings. The molecular formula is C22H17ClN8OS. The van der Waals surface area contributed by atoms with Crippen molar-refractivity contribution in [2.24, 2.45) is 0 Å². The average Bonchev–Trinajstić information content (AvgIpc) is 3.59. The minimum atomic E-state index is -0.180. The van der Waals surface area contributed by atoms with E-state index < -0.39 is 0 Å². The van der Waals surface area contributed by atoms with Crippen molar-refractivity contribution in [1.29, 1.82) is 0 Å². The molecule has 0 saturated carbocycles. The molecule has 5 aromatic rings. The van der Waals surface area contributed by atoms with E-state index in [0.717, 1.165) is 29.3 Å². The lowest BCUT2D eigenvalue weighted by Crippen LogP contribution is -2.25. The molecule has 33 heavy (non-hydrogen) atoms. The first-order valence-corrected chi connectivity index (χ1v) is 11.6. The SMILES string of the molecule is Cc1cc(-c2cnc([C@@H]3CCc4nc(-c5cc(Cl)ccc5-n5cnnn5)cc(=O)n43)[nH]2)cs1. The van der Waals surface area contributed by atoms with Gasteiger partial charge in [0, 0.05) is 38.9 Å². The normalized spacial score (nSPS) is 15.2. The number of imidazole rings is 1. The molecule has 9 nitrogen and oxygen atoms in total. The van der Waals surface area contributed by atoms with Gasteiger partial charge in [0.1, 0.15) is 18.0 Å². The predicted octanol–water partition coefficient (Wildman–Crippen LogP) is 3.84. The van der Waals surface area contributed by atoms with Crippen molar-refractivity contribution in [2.75, 3.05) is 0 Å². The third-order valence-electron chi connectivity index (χ3n) is 5.76. The molecule has 1 aromatic carbocycles. The van der Waals surface area contributed by atoms with Gasteiger partial charge < -0.3 is 4.98 Å². The quantitative estimate of drug-likeness (QED) is 0.422. The number of aromatic amines is 1. The van der Waals surface area contributed by atoms with E-state index in [1.54, 1.807) is 34.1 Å². The molecule has 0 radical (unpaired) electrons. The molecule has 0 amide bonds. The summed E-state index contributed by atoms with van der Waals surface area (Å²) in [5.41, 5.74) is 3.83. The number of nitrogens with zero attached hydrogens (tertiary/aromatic N) is 7. The van der Waals surface area contributed by atoms with Crippen LogP contribution in [0, 0.1) is 6.92 Å². The fraction of sp³-hybridized carbons (Fsp3) is 0.182. The Balaban J connectivity index is 1.40. The topological polar surface area (TPSA) is 107 Å². The number of H-pyrrole nitrogens is 1. The number of fused-ring (bicyclic) bond motifs is 1. The second-order valence-electron chi connectivity index (χ2n) is 7.86. The van der Waals surface area contributed by atoms with E-state index in [-0.39, 0.29) is 11.6 Å². The van der Waals surface area contributed by atoms with Crippen LogP contribution < -0.4 is 5.56 Å². The van der Waals surface area contributed by atoms with Gasteiger partial charge in [-0.05, 0) is 48.0 Å². The first-order chi connectivity index (χ1) is 16.1. The van der Waals surface area contributed by atoms with Crippen LogP contribution in [0.3, 0.4) is 0 Å². The first kappa shape index (κ1) is 20.0. The van der Waals surface area contributed by atoms with Gasteiger partial charge in [0.25, 0.3) is 5.56 Å². The Labute approximate surface area is 196 Å². The van der Waals surface area contributed by atoms with Crippen molar-refractivity contribution < 1.29 is 0 Å². The summed E-state index contributed by atoms with van der Waals surface area (Å²) in [7, 11) is 0. The number of hydrogen-bond acceptors (Lipinski definition) is 7. The third kappa shape index (κ3) is 3.47. The van der Waals surface area contributed by atoms with Gasteiger partial charge in [-0.25, -0.2) is 9.97 Å². The van der Waals surface area contributed by atoms with E-state index in [1.165, 1.54) is 22.0 Å². The van der Waals surface area contributed by atoms with Crippen LogP contribution in [0.2, 0.25) is 5.02 Å². The monoisotopic (exact) mass is 476 g/mol. The van der Waals surface area contributed by atoms with Crippen molar-refractivity contribution in [3.63, 3.8) is 0 Å². The van der Waals surface area contributed by atoms with Crippen LogP contribution in [0.15, 0.2) is 53.0 Å². The Morgan fingerprint density at radius 3 is 2.94 bits per heavy atom. The molecule has 1 atom stereocenters. The molecule has 5 heterocycles. The van der Waals surface area contributed by atoms with Crippen molar-refractivity contribution in [3.8, 4) is 28.2 Å². The summed E-state index contributed by atoms with van der Waals surface area (Å²) in [6, 6.07) is 8.80. The smallest absolute Gasteiger partial charge is 0.254 e. The fourth-order valence-corrected chi connectivity index (χ4v) is 5.14. The van der Waals surface area contributed by atoms with Gasteiger partial charge >= 0.3 is 0 Å². The molecule has 0 saturated heterocycles. The molecular weight excluding hydrogens is 460 g/mol. The zero-order chi connectivity index (χ0) is 22.5. The Morgan fingerprint density at radius 1 is 1.24 bits per heavy atom. The maximum atomic E-state index is 13.3. The fourth-order valence-electron chi connectivity index (χ4n) is 4.26. The molecule has 0 bridgehead atoms. The Morgan fingerprint density at radius 2 is 2.15 bits per heavy atom. The van der Waals surface area contributed by atoms with Crippen molar-refractivity contribution in [1.82, 2.24) is 39.7 Å². The van der Waals surface area contributed by atoms with E-state index in [4.69, 9.17) is 16.6 Å². The number of rotatable bonds is 4. The molecule has 6 rings (SSSR count). The highest BCUT2D eigenvalue weighted by Gasteiger charge is 2.29. The highest BCUT2D eigenvalue weighted by Crippen LogP contribution is 2.33. The van der Waals surface area contributed by atoms with Crippen LogP contribution in [-0.4, -0.2) is 39.7 Å². The number of aryl methyl sites for hydroxylation is 2. The van der Waals surface area contributed by atoms with E-state index in [2.05, 4.69) is 43.9 Å². The Kier molecular flexibility index (Phi) is 4.70. The van der Waals surface area contributed by atoms with Crippen molar-refractivity contribution in [2.45, 2.75) is 25.8 Å². The summed E-state index contributed by atoms with van der Waals surface area (Å²) in [6.45, 7) is 2.08. The molecule has 4 aromatic heterocycles. The van der Waals surface area contributed by atoms with Crippen LogP contribution in [0.5, 0.6) is 0 Å². The first-order valence-electron chi connectivity index (χ1n) is 10.3. The second kappa shape index (κ2) is 7.75. The summed E-state index contributed by atoms with van der Waals surface area (Å²) >= 11 is 7.95. The molecule has 0 spiro atoms. The summed E-state index contributed by atoms with van der Waals surface area (Å²) in [5, 5.41) is 14.0. The minimum Gasteiger partial charge on any atom is -0.340 e. The zero-order valence-electron chi connectivity index (χ0n) is 17.4. The number of hydrogen-bond donors (Lipinski definition) is 1. The van der Waals surface area contributed by atoms with Gasteiger partial charge in [-0.2, -0.15) is 4.68 Å². The van der Waals surface area contributed by atoms with E-state index in [1.807, 2.05) is 6.20 Å². The van der Waals surface area contributed by atoms with Gasteiger partial charge in [-0.15, -0.1) is 16.4 Å². The van der Waals surface area contributed by atoms with E-state index in [9.17, 15) is 4.79 Å². The van der Waals surface area contributed by atoms with Crippen LogP contribution in [0.1, 0.15) is 29.0 Å². The molecule has 0 fully saturated rings. The molecule has 0 aliphatic carbocycles. The van der Waals surface area contributed by atoms with Gasteiger partial charge in [0.2, 0.25) is 0 Å². The average molecular weight is 477 g/mol. The van der Waals surface area contributed by atoms with Crippen LogP contribution in [-0.2, 0) is 6.42 Å². The molecule has 0 unspecified atom stereocenters. The number of halogens is 1. The standard InChI is InChI=1S/C22H17ClN8OS/c1-12-6-13(10-33-12)17-9-24-22(27-17)19-4-5-20-26-16(8-21(32)31(19)20)15-7-14(23)2-3-18(15)30-11-25-28-29-30/h2-3,6-11,19H,4-5H2,1H3,(H,24,27)/t19-/m0/s1. The summed E-state index contributed by atoms with van der Waals surface area (Å²) in [5.74, 6) is 1.48. The molecule has 164 valence electrons. The highest BCUT2D eigenvalue weighted by atomic mass is 35.5. The number of aromatic nitrogens is 8. The van der Waals surface area contributed by atoms with Gasteiger partial charge in [-0.1, -0.05) is 11.6 Å². The second-order valence-corrected chi connectivity index (χ2v) is 9.42. The number of benzene rings is 1. The number of thiophene rings is 1. The Hall–Kier alpha value is -3.63. The van der Waals surface area contributed by atoms with E-state index >= 15 is 0 Å². The lowest BCUT2D eigenvalue weighted by atomic mass is 10.1.